The van der Waals surface area contributed by atoms with Gasteiger partial charge in [-0.05, 0) is 0 Å². The fraction of sp³-hybridized carbons (Fsp3) is 0.143. The van der Waals surface area contributed by atoms with Crippen LogP contribution in [0.4, 0.5) is 0 Å². The molecule has 0 aromatic heterocycles. The molecule has 3 rings (SSSR count). The van der Waals surface area contributed by atoms with Gasteiger partial charge >= 0.3 is 138 Å². The summed E-state index contributed by atoms with van der Waals surface area (Å²) in [5, 5.41) is 0. The molecule has 0 aliphatic rings. The number of aryl methyl sites for hydroxylation is 1. The van der Waals surface area contributed by atoms with Gasteiger partial charge in [-0.2, -0.15) is 0 Å². The summed E-state index contributed by atoms with van der Waals surface area (Å²) in [6.07, 6.45) is 0. The van der Waals surface area contributed by atoms with Crippen molar-refractivity contribution in [3.05, 3.63) is 90.5 Å². The fourth-order valence-electron chi connectivity index (χ4n) is 3.57. The van der Waals surface area contributed by atoms with Gasteiger partial charge in [0.15, 0.2) is 0 Å². The summed E-state index contributed by atoms with van der Waals surface area (Å²) in [7, 11) is 0. The van der Waals surface area contributed by atoms with Gasteiger partial charge in [0, 0.05) is 0 Å². The molecule has 0 spiro atoms. The van der Waals surface area contributed by atoms with Crippen molar-refractivity contribution in [1.29, 1.82) is 0 Å². The van der Waals surface area contributed by atoms with Crippen LogP contribution in [0.1, 0.15) is 12.5 Å². The van der Waals surface area contributed by atoms with Crippen molar-refractivity contribution in [3.63, 3.8) is 0 Å². The van der Waals surface area contributed by atoms with Crippen LogP contribution in [0, 0.1) is 6.92 Å². The van der Waals surface area contributed by atoms with Crippen LogP contribution in [0.2, 0.25) is 4.44 Å². The summed E-state index contributed by atoms with van der Waals surface area (Å²) in [5.74, 6) is 0. The third kappa shape index (κ3) is 2.61. The second kappa shape index (κ2) is 6.70. The molecule has 0 atom stereocenters. The molecule has 0 bridgehead atoms. The van der Waals surface area contributed by atoms with Crippen molar-refractivity contribution in [3.8, 4) is 0 Å². The van der Waals surface area contributed by atoms with Gasteiger partial charge in [0.1, 0.15) is 0 Å². The van der Waals surface area contributed by atoms with E-state index in [-0.39, 0.29) is 0 Å². The first-order valence-electron chi connectivity index (χ1n) is 7.96. The Morgan fingerprint density at radius 2 is 1.09 bits per heavy atom. The third-order valence-corrected chi connectivity index (χ3v) is 19.5. The molecule has 1 heteroatoms. The summed E-state index contributed by atoms with van der Waals surface area (Å²) in [6.45, 7) is 4.64. The Balaban J connectivity index is 2.34. The molecule has 0 saturated heterocycles. The fourth-order valence-corrected chi connectivity index (χ4v) is 17.3. The molecule has 0 unspecified atom stereocenters. The minimum absolute atomic E-state index is 1.24. The van der Waals surface area contributed by atoms with Crippen LogP contribution in [-0.2, 0) is 0 Å². The van der Waals surface area contributed by atoms with E-state index in [1.54, 1.807) is 10.7 Å². The second-order valence-corrected chi connectivity index (χ2v) is 17.8. The standard InChI is InChI=1S/C7H7.2C6H5.C2H5.Sn/c1-7-5-3-2-4-6-7;2*1-2-4-6-5-3-1;1-2;/h2-5H,1H3;2*1-5H;1H2,2H3;. The number of hydrogen-bond acceptors (Lipinski definition) is 0. The first-order chi connectivity index (χ1) is 10.8. The zero-order valence-corrected chi connectivity index (χ0v) is 16.1. The van der Waals surface area contributed by atoms with Crippen LogP contribution in [0.5, 0.6) is 0 Å². The topological polar surface area (TPSA) is 0 Å². The van der Waals surface area contributed by atoms with Crippen LogP contribution in [0.25, 0.3) is 0 Å². The van der Waals surface area contributed by atoms with Gasteiger partial charge in [-0.1, -0.05) is 0 Å². The molecule has 0 saturated carbocycles. The number of benzene rings is 3. The molecule has 0 N–H and O–H groups in total. The van der Waals surface area contributed by atoms with E-state index in [4.69, 9.17) is 0 Å². The molecule has 0 amide bonds. The van der Waals surface area contributed by atoms with Crippen LogP contribution >= 0.6 is 0 Å². The monoisotopic (exact) mass is 394 g/mol. The van der Waals surface area contributed by atoms with Gasteiger partial charge in [-0.15, -0.1) is 0 Å². The average molecular weight is 393 g/mol. The van der Waals surface area contributed by atoms with E-state index in [1.807, 2.05) is 0 Å². The maximum absolute atomic E-state index is 2.89. The van der Waals surface area contributed by atoms with Crippen LogP contribution < -0.4 is 10.7 Å². The van der Waals surface area contributed by atoms with Crippen molar-refractivity contribution in [1.82, 2.24) is 0 Å². The Kier molecular flexibility index (Phi) is 4.68. The molecule has 0 fully saturated rings. The quantitative estimate of drug-likeness (QED) is 0.596. The van der Waals surface area contributed by atoms with Crippen molar-refractivity contribution >= 4 is 29.1 Å². The van der Waals surface area contributed by atoms with E-state index in [1.165, 1.54) is 10.0 Å². The van der Waals surface area contributed by atoms with Gasteiger partial charge in [-0.3, -0.25) is 0 Å². The van der Waals surface area contributed by atoms with Crippen LogP contribution in [0.15, 0.2) is 84.9 Å². The number of hydrogen-bond donors (Lipinski definition) is 0. The van der Waals surface area contributed by atoms with E-state index in [9.17, 15) is 0 Å². The van der Waals surface area contributed by atoms with E-state index >= 15 is 0 Å². The molecule has 22 heavy (non-hydrogen) atoms. The molecule has 0 aliphatic carbocycles. The van der Waals surface area contributed by atoms with Gasteiger partial charge in [0.05, 0.1) is 0 Å². The van der Waals surface area contributed by atoms with Gasteiger partial charge in [-0.25, -0.2) is 0 Å². The minimum atomic E-state index is -2.89. The Labute approximate surface area is 137 Å². The molecule has 3 aromatic rings. The van der Waals surface area contributed by atoms with Crippen molar-refractivity contribution in [2.75, 3.05) is 0 Å². The third-order valence-electron chi connectivity index (χ3n) is 4.67. The van der Waals surface area contributed by atoms with Crippen molar-refractivity contribution in [2.45, 2.75) is 18.3 Å². The van der Waals surface area contributed by atoms with E-state index in [2.05, 4.69) is 98.8 Å². The first-order valence-corrected chi connectivity index (χ1v) is 14.3. The Morgan fingerprint density at radius 1 is 0.636 bits per heavy atom. The maximum atomic E-state index is 2.38. The molecular formula is C21H22Sn. The first kappa shape index (κ1) is 15.4. The van der Waals surface area contributed by atoms with Gasteiger partial charge < -0.3 is 0 Å². The van der Waals surface area contributed by atoms with Crippen molar-refractivity contribution < 1.29 is 0 Å². The predicted molar refractivity (Wildman–Crippen MR) is 99.2 cm³/mol. The molecule has 0 aliphatic heterocycles. The Morgan fingerprint density at radius 3 is 1.55 bits per heavy atom. The number of rotatable bonds is 4. The molecule has 0 nitrogen and oxygen atoms in total. The Hall–Kier alpha value is -1.54. The van der Waals surface area contributed by atoms with E-state index in [0.717, 1.165) is 0 Å². The normalized spacial score (nSPS) is 11.4. The summed E-state index contributed by atoms with van der Waals surface area (Å²) >= 11 is -2.89. The second-order valence-electron chi connectivity index (χ2n) is 5.81. The molecule has 3 aromatic carbocycles. The average Bonchev–Trinajstić information content (AvgIpc) is 2.59. The molecule has 110 valence electrons. The molecule has 0 radical (unpaired) electrons. The van der Waals surface area contributed by atoms with Gasteiger partial charge in [0.25, 0.3) is 0 Å². The SMILES string of the molecule is C[CH2][Sn]([c]1ccccc1)([c]1ccccc1)[c]1ccccc1C. The summed E-state index contributed by atoms with van der Waals surface area (Å²) in [4.78, 5) is 0. The summed E-state index contributed by atoms with van der Waals surface area (Å²) in [6, 6.07) is 31.4. The zero-order chi connectivity index (χ0) is 15.4. The molecular weight excluding hydrogens is 371 g/mol. The summed E-state index contributed by atoms with van der Waals surface area (Å²) < 4.78 is 5.99. The van der Waals surface area contributed by atoms with E-state index < -0.39 is 18.4 Å². The van der Waals surface area contributed by atoms with E-state index in [0.29, 0.717) is 0 Å². The predicted octanol–water partition coefficient (Wildman–Crippen LogP) is 3.49. The van der Waals surface area contributed by atoms with Gasteiger partial charge in [0.2, 0.25) is 0 Å². The Bertz CT molecular complexity index is 693. The molecule has 0 heterocycles. The van der Waals surface area contributed by atoms with Crippen LogP contribution in [-0.4, -0.2) is 18.4 Å². The van der Waals surface area contributed by atoms with Crippen LogP contribution in [0.3, 0.4) is 0 Å². The summed E-state index contributed by atoms with van der Waals surface area (Å²) in [5.41, 5.74) is 1.44. The zero-order valence-electron chi connectivity index (χ0n) is 13.3. The van der Waals surface area contributed by atoms with Crippen molar-refractivity contribution in [2.24, 2.45) is 0 Å².